The average molecular weight is 249 g/mol. The number of hydrazine groups is 1. The van der Waals surface area contributed by atoms with Crippen LogP contribution in [0.2, 0.25) is 0 Å². The van der Waals surface area contributed by atoms with Gasteiger partial charge in [0.2, 0.25) is 5.91 Å². The molecule has 0 aromatic heterocycles. The lowest BCUT2D eigenvalue weighted by molar-refractivity contribution is -0.118. The number of benzene rings is 1. The van der Waals surface area contributed by atoms with Crippen molar-refractivity contribution in [3.8, 4) is 0 Å². The number of amides is 1. The molecular weight excluding hydrogens is 233 g/mol. The van der Waals surface area contributed by atoms with Crippen LogP contribution in [0.5, 0.6) is 0 Å². The molecule has 2 saturated heterocycles. The summed E-state index contributed by atoms with van der Waals surface area (Å²) in [5, 5.41) is 7.00. The molecule has 4 nitrogen and oxygen atoms in total. The highest BCUT2D eigenvalue weighted by Crippen LogP contribution is 2.26. The predicted octanol–water partition coefficient (Wildman–Crippen LogP) is 1.14. The second kappa shape index (κ2) is 4.66. The van der Waals surface area contributed by atoms with Crippen LogP contribution in [0.3, 0.4) is 0 Å². The molecule has 5 heteroatoms. The van der Waals surface area contributed by atoms with Crippen LogP contribution in [0.1, 0.15) is 12.8 Å². The van der Waals surface area contributed by atoms with Gasteiger partial charge >= 0.3 is 0 Å². The summed E-state index contributed by atoms with van der Waals surface area (Å²) in [6.45, 7) is 2.59. The van der Waals surface area contributed by atoms with Gasteiger partial charge in [-0.2, -0.15) is 0 Å². The smallest absolute Gasteiger partial charge is 0.242 e. The van der Waals surface area contributed by atoms with Gasteiger partial charge in [0, 0.05) is 25.6 Å². The molecule has 1 aromatic carbocycles. The molecule has 1 atom stereocenters. The van der Waals surface area contributed by atoms with Crippen LogP contribution in [0, 0.1) is 5.82 Å². The normalized spacial score (nSPS) is 25.1. The first kappa shape index (κ1) is 11.6. The molecule has 1 N–H and O–H groups in total. The molecule has 0 saturated carbocycles. The maximum Gasteiger partial charge on any atom is 0.242 e. The van der Waals surface area contributed by atoms with E-state index in [0.29, 0.717) is 18.2 Å². The summed E-state index contributed by atoms with van der Waals surface area (Å²) < 4.78 is 13.3. The van der Waals surface area contributed by atoms with E-state index in [1.165, 1.54) is 12.1 Å². The zero-order chi connectivity index (χ0) is 12.5. The third kappa shape index (κ3) is 2.00. The summed E-state index contributed by atoms with van der Waals surface area (Å²) in [7, 11) is 0. The van der Waals surface area contributed by atoms with Crippen LogP contribution in [0.15, 0.2) is 24.3 Å². The number of rotatable bonds is 2. The summed E-state index contributed by atoms with van der Waals surface area (Å²) in [4.78, 5) is 12.0. The molecule has 1 unspecified atom stereocenters. The molecule has 2 fully saturated rings. The lowest BCUT2D eigenvalue weighted by Gasteiger charge is -2.32. The Hall–Kier alpha value is -1.46. The molecule has 1 aromatic rings. The number of halogens is 1. The van der Waals surface area contributed by atoms with Gasteiger partial charge in [0.25, 0.3) is 0 Å². The van der Waals surface area contributed by atoms with Gasteiger partial charge in [0.05, 0.1) is 5.69 Å². The van der Waals surface area contributed by atoms with E-state index in [9.17, 15) is 9.18 Å². The molecule has 0 radical (unpaired) electrons. The molecule has 0 bridgehead atoms. The Morgan fingerprint density at radius 3 is 3.00 bits per heavy atom. The number of nitrogens with one attached hydrogen (secondary N) is 1. The van der Waals surface area contributed by atoms with Crippen molar-refractivity contribution < 1.29 is 9.18 Å². The highest BCUT2D eigenvalue weighted by molar-refractivity contribution is 5.94. The van der Waals surface area contributed by atoms with Gasteiger partial charge in [-0.1, -0.05) is 6.07 Å². The topological polar surface area (TPSA) is 35.6 Å². The van der Waals surface area contributed by atoms with Crippen molar-refractivity contribution in [2.24, 2.45) is 0 Å². The standard InChI is InChI=1S/C13H16FN3O/c14-10-2-1-3-11(8-10)17-13(18)5-7-16(17)12-4-6-15-9-12/h1-3,8,12,15H,4-7,9H2. The van der Waals surface area contributed by atoms with Gasteiger partial charge in [-0.05, 0) is 31.2 Å². The van der Waals surface area contributed by atoms with E-state index in [0.717, 1.165) is 26.1 Å². The first-order valence-corrected chi connectivity index (χ1v) is 6.31. The Morgan fingerprint density at radius 1 is 1.39 bits per heavy atom. The minimum Gasteiger partial charge on any atom is -0.315 e. The highest BCUT2D eigenvalue weighted by atomic mass is 19.1. The molecule has 0 aliphatic carbocycles. The Balaban J connectivity index is 1.89. The van der Waals surface area contributed by atoms with Gasteiger partial charge in [0.1, 0.15) is 5.82 Å². The fourth-order valence-electron chi connectivity index (χ4n) is 2.70. The third-order valence-electron chi connectivity index (χ3n) is 3.56. The van der Waals surface area contributed by atoms with E-state index < -0.39 is 0 Å². The van der Waals surface area contributed by atoms with E-state index >= 15 is 0 Å². The molecular formula is C13H16FN3O. The molecule has 1 amide bonds. The Labute approximate surface area is 105 Å². The zero-order valence-corrected chi connectivity index (χ0v) is 10.1. The van der Waals surface area contributed by atoms with Crippen molar-refractivity contribution in [3.05, 3.63) is 30.1 Å². The van der Waals surface area contributed by atoms with E-state index in [-0.39, 0.29) is 11.7 Å². The zero-order valence-electron chi connectivity index (χ0n) is 10.1. The van der Waals surface area contributed by atoms with Crippen molar-refractivity contribution in [2.75, 3.05) is 24.6 Å². The van der Waals surface area contributed by atoms with Gasteiger partial charge in [-0.25, -0.2) is 14.4 Å². The number of nitrogens with zero attached hydrogens (tertiary/aromatic N) is 2. The van der Waals surface area contributed by atoms with Crippen molar-refractivity contribution in [3.63, 3.8) is 0 Å². The fourth-order valence-corrected chi connectivity index (χ4v) is 2.70. The van der Waals surface area contributed by atoms with E-state index in [1.807, 2.05) is 0 Å². The second-order valence-corrected chi connectivity index (χ2v) is 4.75. The molecule has 96 valence electrons. The number of carbonyl (C=O) groups excluding carboxylic acids is 1. The summed E-state index contributed by atoms with van der Waals surface area (Å²) in [5.41, 5.74) is 0.629. The number of anilines is 1. The fraction of sp³-hybridized carbons (Fsp3) is 0.462. The summed E-state index contributed by atoms with van der Waals surface area (Å²) in [5.74, 6) is -0.260. The van der Waals surface area contributed by atoms with Crippen LogP contribution < -0.4 is 10.3 Å². The minimum atomic E-state index is -0.309. The molecule has 2 aliphatic heterocycles. The van der Waals surface area contributed by atoms with Crippen LogP contribution in [0.25, 0.3) is 0 Å². The Bertz CT molecular complexity index is 459. The van der Waals surface area contributed by atoms with Crippen molar-refractivity contribution >= 4 is 11.6 Å². The molecule has 2 heterocycles. The van der Waals surface area contributed by atoms with Gasteiger partial charge in [-0.3, -0.25) is 4.79 Å². The second-order valence-electron chi connectivity index (χ2n) is 4.75. The lowest BCUT2D eigenvalue weighted by Crippen LogP contribution is -2.46. The van der Waals surface area contributed by atoms with Crippen LogP contribution in [-0.2, 0) is 4.79 Å². The van der Waals surface area contributed by atoms with Gasteiger partial charge in [0.15, 0.2) is 0 Å². The molecule has 3 rings (SSSR count). The maximum absolute atomic E-state index is 13.3. The monoisotopic (exact) mass is 249 g/mol. The van der Waals surface area contributed by atoms with E-state index in [4.69, 9.17) is 0 Å². The largest absolute Gasteiger partial charge is 0.315 e. The number of hydrogen-bond donors (Lipinski definition) is 1. The van der Waals surface area contributed by atoms with E-state index in [2.05, 4.69) is 10.3 Å². The maximum atomic E-state index is 13.3. The quantitative estimate of drug-likeness (QED) is 0.853. The number of carbonyl (C=O) groups is 1. The molecule has 2 aliphatic rings. The summed E-state index contributed by atoms with van der Waals surface area (Å²) in [6.07, 6.45) is 1.53. The summed E-state index contributed by atoms with van der Waals surface area (Å²) in [6, 6.07) is 6.56. The minimum absolute atomic E-state index is 0.0486. The van der Waals surface area contributed by atoms with Crippen molar-refractivity contribution in [1.29, 1.82) is 0 Å². The molecule has 0 spiro atoms. The van der Waals surface area contributed by atoms with Gasteiger partial charge in [-0.15, -0.1) is 0 Å². The van der Waals surface area contributed by atoms with Crippen molar-refractivity contribution in [1.82, 2.24) is 10.3 Å². The van der Waals surface area contributed by atoms with Crippen LogP contribution >= 0.6 is 0 Å². The van der Waals surface area contributed by atoms with Crippen LogP contribution in [-0.4, -0.2) is 36.6 Å². The van der Waals surface area contributed by atoms with Crippen LogP contribution in [0.4, 0.5) is 10.1 Å². The first-order chi connectivity index (χ1) is 8.75. The van der Waals surface area contributed by atoms with Crippen molar-refractivity contribution in [2.45, 2.75) is 18.9 Å². The lowest BCUT2D eigenvalue weighted by atomic mass is 10.2. The predicted molar refractivity (Wildman–Crippen MR) is 66.5 cm³/mol. The molecule has 18 heavy (non-hydrogen) atoms. The average Bonchev–Trinajstić information content (AvgIpc) is 2.97. The Morgan fingerprint density at radius 2 is 2.28 bits per heavy atom. The highest BCUT2D eigenvalue weighted by Gasteiger charge is 2.36. The SMILES string of the molecule is O=C1CCN(C2CCNC2)N1c1cccc(F)c1. The van der Waals surface area contributed by atoms with E-state index in [1.54, 1.807) is 17.1 Å². The Kier molecular flexibility index (Phi) is 3.01. The third-order valence-corrected chi connectivity index (χ3v) is 3.56. The summed E-state index contributed by atoms with van der Waals surface area (Å²) >= 11 is 0. The van der Waals surface area contributed by atoms with Gasteiger partial charge < -0.3 is 5.32 Å². The first-order valence-electron chi connectivity index (χ1n) is 6.31. The number of hydrogen-bond acceptors (Lipinski definition) is 3.